The minimum absolute atomic E-state index is 0.318. The Labute approximate surface area is 218 Å². The normalized spacial score (nSPS) is 14.0. The number of carbonyl (C=O) groups is 1. The maximum Gasteiger partial charge on any atom is 0.251 e. The Morgan fingerprint density at radius 2 is 1.70 bits per heavy atom. The number of nitrogens with one attached hydrogen (secondary N) is 2. The molecule has 3 aromatic rings. The lowest BCUT2D eigenvalue weighted by molar-refractivity contribution is 0.0939. The second kappa shape index (κ2) is 11.9. The van der Waals surface area contributed by atoms with E-state index < -0.39 is 15.6 Å². The third-order valence-electron chi connectivity index (χ3n) is 6.13. The van der Waals surface area contributed by atoms with Crippen LogP contribution in [-0.2, 0) is 23.0 Å². The zero-order valence-electron chi connectivity index (χ0n) is 21.7. The van der Waals surface area contributed by atoms with Gasteiger partial charge >= 0.3 is 0 Å². The van der Waals surface area contributed by atoms with Crippen LogP contribution in [0, 0.1) is 5.82 Å². The molecule has 0 aliphatic carbocycles. The van der Waals surface area contributed by atoms with E-state index in [0.29, 0.717) is 30.8 Å². The Morgan fingerprint density at radius 1 is 1.05 bits per heavy atom. The SMILES string of the molecule is CC(NC(=O)c1cc(CNCC(C)(N)Cc2ccccc2)cc(N(C)S(C)(=O)=O)c1)c1ccc(F)cc1. The maximum atomic E-state index is 13.3. The molecule has 0 fully saturated rings. The highest BCUT2D eigenvalue weighted by Crippen LogP contribution is 2.22. The van der Waals surface area contributed by atoms with Gasteiger partial charge in [-0.1, -0.05) is 42.5 Å². The van der Waals surface area contributed by atoms with E-state index in [4.69, 9.17) is 5.73 Å². The first-order chi connectivity index (χ1) is 17.3. The molecule has 0 saturated carbocycles. The maximum absolute atomic E-state index is 13.3. The number of sulfonamides is 1. The predicted octanol–water partition coefficient (Wildman–Crippen LogP) is 3.76. The highest BCUT2D eigenvalue weighted by Gasteiger charge is 2.20. The smallest absolute Gasteiger partial charge is 0.251 e. The topological polar surface area (TPSA) is 105 Å². The molecular weight excluding hydrogens is 491 g/mol. The van der Waals surface area contributed by atoms with Gasteiger partial charge in [0.05, 0.1) is 18.0 Å². The lowest BCUT2D eigenvalue weighted by Gasteiger charge is -2.26. The van der Waals surface area contributed by atoms with Gasteiger partial charge in [-0.05, 0) is 67.3 Å². The molecule has 198 valence electrons. The molecule has 0 aromatic heterocycles. The fourth-order valence-electron chi connectivity index (χ4n) is 4.01. The molecule has 0 aliphatic heterocycles. The van der Waals surface area contributed by atoms with Gasteiger partial charge in [0.1, 0.15) is 5.82 Å². The Kier molecular flexibility index (Phi) is 9.07. The molecule has 1 amide bonds. The number of benzene rings is 3. The van der Waals surface area contributed by atoms with Gasteiger partial charge in [0.2, 0.25) is 10.0 Å². The molecule has 0 saturated heterocycles. The van der Waals surface area contributed by atoms with Crippen LogP contribution in [0.1, 0.15) is 46.9 Å². The number of anilines is 1. The third kappa shape index (κ3) is 8.38. The van der Waals surface area contributed by atoms with Crippen LogP contribution in [0.4, 0.5) is 10.1 Å². The third-order valence-corrected chi connectivity index (χ3v) is 7.33. The first kappa shape index (κ1) is 28.3. The molecule has 2 unspecified atom stereocenters. The summed E-state index contributed by atoms with van der Waals surface area (Å²) in [5.41, 5.74) is 9.33. The quantitative estimate of drug-likeness (QED) is 0.353. The van der Waals surface area contributed by atoms with Crippen LogP contribution in [-0.4, -0.2) is 39.7 Å². The van der Waals surface area contributed by atoms with Gasteiger partial charge in [-0.3, -0.25) is 9.10 Å². The zero-order valence-corrected chi connectivity index (χ0v) is 22.5. The number of rotatable bonds is 11. The summed E-state index contributed by atoms with van der Waals surface area (Å²) in [6, 6.07) is 20.5. The van der Waals surface area contributed by atoms with Gasteiger partial charge in [-0.2, -0.15) is 0 Å². The standard InChI is InChI=1S/C28H35FN4O3S/c1-20(23-10-12-25(29)13-11-23)32-27(34)24-14-22(15-26(16-24)33(3)37(4,35)36)18-31-19-28(2,30)17-21-8-6-5-7-9-21/h5-16,20,31H,17-19,30H2,1-4H3,(H,32,34). The van der Waals surface area contributed by atoms with Crippen molar-refractivity contribution in [3.8, 4) is 0 Å². The fraction of sp³-hybridized carbons (Fsp3) is 0.321. The van der Waals surface area contributed by atoms with Crippen molar-refractivity contribution in [1.29, 1.82) is 0 Å². The van der Waals surface area contributed by atoms with Gasteiger partial charge in [-0.25, -0.2) is 12.8 Å². The zero-order chi connectivity index (χ0) is 27.2. The molecule has 37 heavy (non-hydrogen) atoms. The number of nitrogens with two attached hydrogens (primary N) is 1. The Bertz CT molecular complexity index is 1310. The monoisotopic (exact) mass is 526 g/mol. The van der Waals surface area contributed by atoms with E-state index in [-0.39, 0.29) is 17.8 Å². The van der Waals surface area contributed by atoms with Crippen LogP contribution in [0.25, 0.3) is 0 Å². The van der Waals surface area contributed by atoms with Crippen LogP contribution in [0.2, 0.25) is 0 Å². The van der Waals surface area contributed by atoms with Crippen LogP contribution in [0.3, 0.4) is 0 Å². The average molecular weight is 527 g/mol. The Morgan fingerprint density at radius 3 is 2.32 bits per heavy atom. The molecule has 0 aliphatic rings. The first-order valence-corrected chi connectivity index (χ1v) is 13.9. The summed E-state index contributed by atoms with van der Waals surface area (Å²) in [5.74, 6) is -0.720. The van der Waals surface area contributed by atoms with Crippen molar-refractivity contribution in [3.63, 3.8) is 0 Å². The summed E-state index contributed by atoms with van der Waals surface area (Å²) in [7, 11) is -2.09. The number of carbonyl (C=O) groups excluding carboxylic acids is 1. The number of amides is 1. The molecule has 4 N–H and O–H groups in total. The van der Waals surface area contributed by atoms with Gasteiger partial charge in [0.15, 0.2) is 0 Å². The van der Waals surface area contributed by atoms with Crippen molar-refractivity contribution in [2.75, 3.05) is 24.2 Å². The van der Waals surface area contributed by atoms with Gasteiger partial charge in [0, 0.05) is 31.2 Å². The van der Waals surface area contributed by atoms with Crippen LogP contribution in [0.15, 0.2) is 72.8 Å². The molecule has 9 heteroatoms. The molecule has 3 rings (SSSR count). The number of halogens is 1. The minimum Gasteiger partial charge on any atom is -0.346 e. The number of nitrogens with zero attached hydrogens (tertiary/aromatic N) is 1. The largest absolute Gasteiger partial charge is 0.346 e. The van der Waals surface area contributed by atoms with E-state index in [1.165, 1.54) is 19.2 Å². The molecule has 0 bridgehead atoms. The van der Waals surface area contributed by atoms with Gasteiger partial charge < -0.3 is 16.4 Å². The van der Waals surface area contributed by atoms with Crippen LogP contribution < -0.4 is 20.7 Å². The minimum atomic E-state index is -3.54. The molecule has 0 spiro atoms. The van der Waals surface area contributed by atoms with Crippen molar-refractivity contribution in [2.45, 2.75) is 38.4 Å². The van der Waals surface area contributed by atoms with E-state index in [2.05, 4.69) is 10.6 Å². The van der Waals surface area contributed by atoms with Crippen molar-refractivity contribution in [1.82, 2.24) is 10.6 Å². The van der Waals surface area contributed by atoms with Gasteiger partial charge in [-0.15, -0.1) is 0 Å². The molecular formula is C28H35FN4O3S. The molecule has 0 heterocycles. The molecule has 7 nitrogen and oxygen atoms in total. The van der Waals surface area contributed by atoms with E-state index in [1.807, 2.05) is 37.3 Å². The van der Waals surface area contributed by atoms with Crippen LogP contribution >= 0.6 is 0 Å². The predicted molar refractivity (Wildman–Crippen MR) is 146 cm³/mol. The highest BCUT2D eigenvalue weighted by molar-refractivity contribution is 7.92. The van der Waals surface area contributed by atoms with Crippen molar-refractivity contribution in [2.24, 2.45) is 5.73 Å². The second-order valence-electron chi connectivity index (χ2n) is 9.79. The van der Waals surface area contributed by atoms with E-state index in [1.54, 1.807) is 37.3 Å². The summed E-state index contributed by atoms with van der Waals surface area (Å²) < 4.78 is 38.8. The van der Waals surface area contributed by atoms with E-state index in [0.717, 1.165) is 27.3 Å². The molecule has 3 aromatic carbocycles. The Balaban J connectivity index is 1.77. The summed E-state index contributed by atoms with van der Waals surface area (Å²) in [4.78, 5) is 13.1. The molecule has 0 radical (unpaired) electrons. The van der Waals surface area contributed by atoms with Crippen molar-refractivity contribution < 1.29 is 17.6 Å². The van der Waals surface area contributed by atoms with Crippen molar-refractivity contribution >= 4 is 21.6 Å². The number of hydrogen-bond donors (Lipinski definition) is 3. The summed E-state index contributed by atoms with van der Waals surface area (Å²) in [6.45, 7) is 4.67. The first-order valence-electron chi connectivity index (χ1n) is 12.0. The average Bonchev–Trinajstić information content (AvgIpc) is 2.83. The summed E-state index contributed by atoms with van der Waals surface area (Å²) in [5, 5.41) is 6.25. The summed E-state index contributed by atoms with van der Waals surface area (Å²) >= 11 is 0. The Hall–Kier alpha value is -3.27. The highest BCUT2D eigenvalue weighted by atomic mass is 32.2. The lowest BCUT2D eigenvalue weighted by atomic mass is 9.94. The second-order valence-corrected chi connectivity index (χ2v) is 11.8. The van der Waals surface area contributed by atoms with Crippen molar-refractivity contribution in [3.05, 3.63) is 101 Å². The lowest BCUT2D eigenvalue weighted by Crippen LogP contribution is -2.47. The van der Waals surface area contributed by atoms with E-state index in [9.17, 15) is 17.6 Å². The number of hydrogen-bond acceptors (Lipinski definition) is 5. The fourth-order valence-corrected chi connectivity index (χ4v) is 4.50. The summed E-state index contributed by atoms with van der Waals surface area (Å²) in [6.07, 6.45) is 1.80. The van der Waals surface area contributed by atoms with Crippen LogP contribution in [0.5, 0.6) is 0 Å². The van der Waals surface area contributed by atoms with Gasteiger partial charge in [0.25, 0.3) is 5.91 Å². The molecule has 2 atom stereocenters. The van der Waals surface area contributed by atoms with E-state index >= 15 is 0 Å².